The molecule has 5 nitrogen and oxygen atoms in total. The molecule has 6 heteroatoms. The SMILES string of the molecule is c1nnc(N2CC[C@@H]3[C@@H]2CCN3C[C@H]2CCOC2)s1. The molecular formula is C13H20N4OS. The van der Waals surface area contributed by atoms with Gasteiger partial charge < -0.3 is 9.64 Å². The molecule has 3 atom stereocenters. The van der Waals surface area contributed by atoms with Gasteiger partial charge in [-0.2, -0.15) is 0 Å². The Morgan fingerprint density at radius 3 is 3.00 bits per heavy atom. The molecule has 4 rings (SSSR count). The predicted octanol–water partition coefficient (Wildman–Crippen LogP) is 1.23. The van der Waals surface area contributed by atoms with Gasteiger partial charge in [0.15, 0.2) is 0 Å². The van der Waals surface area contributed by atoms with Gasteiger partial charge in [-0.05, 0) is 25.2 Å². The third kappa shape index (κ3) is 2.15. The highest BCUT2D eigenvalue weighted by atomic mass is 32.1. The van der Waals surface area contributed by atoms with E-state index in [4.69, 9.17) is 4.74 Å². The zero-order chi connectivity index (χ0) is 12.7. The van der Waals surface area contributed by atoms with Gasteiger partial charge in [0.05, 0.1) is 6.61 Å². The Bertz CT molecular complexity index is 420. The summed E-state index contributed by atoms with van der Waals surface area (Å²) in [5, 5.41) is 9.33. The van der Waals surface area contributed by atoms with Crippen molar-refractivity contribution >= 4 is 16.5 Å². The molecule has 0 spiro atoms. The molecule has 0 bridgehead atoms. The fourth-order valence-corrected chi connectivity index (χ4v) is 4.54. The van der Waals surface area contributed by atoms with Crippen LogP contribution in [0, 0.1) is 5.92 Å². The van der Waals surface area contributed by atoms with Crippen LogP contribution < -0.4 is 4.90 Å². The van der Waals surface area contributed by atoms with Crippen LogP contribution in [0.15, 0.2) is 5.51 Å². The van der Waals surface area contributed by atoms with E-state index in [-0.39, 0.29) is 0 Å². The molecule has 0 amide bonds. The van der Waals surface area contributed by atoms with Crippen molar-refractivity contribution in [3.05, 3.63) is 5.51 Å². The van der Waals surface area contributed by atoms with Gasteiger partial charge in [-0.1, -0.05) is 11.3 Å². The Hall–Kier alpha value is -0.720. The van der Waals surface area contributed by atoms with Crippen LogP contribution in [-0.4, -0.2) is 60.0 Å². The van der Waals surface area contributed by atoms with Crippen LogP contribution >= 0.6 is 11.3 Å². The number of aromatic nitrogens is 2. The van der Waals surface area contributed by atoms with Gasteiger partial charge in [-0.25, -0.2) is 0 Å². The molecule has 0 aromatic carbocycles. The van der Waals surface area contributed by atoms with Crippen molar-refractivity contribution in [2.75, 3.05) is 37.7 Å². The highest BCUT2D eigenvalue weighted by molar-refractivity contribution is 7.13. The second-order valence-electron chi connectivity index (χ2n) is 5.85. The van der Waals surface area contributed by atoms with Crippen LogP contribution in [0.3, 0.4) is 0 Å². The van der Waals surface area contributed by atoms with E-state index in [1.807, 2.05) is 5.51 Å². The van der Waals surface area contributed by atoms with Crippen LogP contribution in [0.5, 0.6) is 0 Å². The average Bonchev–Trinajstić information content (AvgIpc) is 3.15. The summed E-state index contributed by atoms with van der Waals surface area (Å²) in [6.45, 7) is 5.53. The normalized spacial score (nSPS) is 35.2. The molecular weight excluding hydrogens is 260 g/mol. The monoisotopic (exact) mass is 280 g/mol. The summed E-state index contributed by atoms with van der Waals surface area (Å²) >= 11 is 1.67. The molecule has 0 saturated carbocycles. The van der Waals surface area contributed by atoms with E-state index in [1.165, 1.54) is 32.4 Å². The first-order valence-electron chi connectivity index (χ1n) is 7.26. The first-order valence-corrected chi connectivity index (χ1v) is 8.14. The minimum absolute atomic E-state index is 0.662. The first-order chi connectivity index (χ1) is 9.42. The highest BCUT2D eigenvalue weighted by Gasteiger charge is 2.43. The Labute approximate surface area is 117 Å². The van der Waals surface area contributed by atoms with Crippen molar-refractivity contribution in [1.82, 2.24) is 15.1 Å². The van der Waals surface area contributed by atoms with Gasteiger partial charge in [0.25, 0.3) is 0 Å². The van der Waals surface area contributed by atoms with Crippen LogP contribution in [-0.2, 0) is 4.74 Å². The summed E-state index contributed by atoms with van der Waals surface area (Å²) in [6.07, 6.45) is 3.80. The van der Waals surface area contributed by atoms with Gasteiger partial charge in [0, 0.05) is 38.3 Å². The molecule has 1 aromatic rings. The van der Waals surface area contributed by atoms with Gasteiger partial charge in [0.1, 0.15) is 5.51 Å². The summed E-state index contributed by atoms with van der Waals surface area (Å²) in [6, 6.07) is 1.39. The van der Waals surface area contributed by atoms with Crippen molar-refractivity contribution in [3.8, 4) is 0 Å². The average molecular weight is 280 g/mol. The molecule has 0 N–H and O–H groups in total. The summed E-state index contributed by atoms with van der Waals surface area (Å²) in [7, 11) is 0. The van der Waals surface area contributed by atoms with Crippen LogP contribution in [0.25, 0.3) is 0 Å². The second kappa shape index (κ2) is 5.00. The maximum absolute atomic E-state index is 5.51. The molecule has 4 heterocycles. The molecule has 19 heavy (non-hydrogen) atoms. The maximum atomic E-state index is 5.51. The van der Waals surface area contributed by atoms with Crippen molar-refractivity contribution in [3.63, 3.8) is 0 Å². The molecule has 3 aliphatic heterocycles. The number of hydrogen-bond acceptors (Lipinski definition) is 6. The third-order valence-corrected chi connectivity index (χ3v) is 5.53. The number of nitrogens with zero attached hydrogens (tertiary/aromatic N) is 4. The van der Waals surface area contributed by atoms with E-state index in [0.717, 1.165) is 36.8 Å². The van der Waals surface area contributed by atoms with Gasteiger partial charge in [-0.15, -0.1) is 10.2 Å². The number of fused-ring (bicyclic) bond motifs is 1. The highest BCUT2D eigenvalue weighted by Crippen LogP contribution is 2.36. The standard InChI is InChI=1S/C13H20N4OS/c1-4-16(7-10-3-6-18-8-10)11-2-5-17(12(1)11)13-15-14-9-19-13/h9-12H,1-8H2/t10-,11-,12+/m1/s1. The lowest BCUT2D eigenvalue weighted by Gasteiger charge is -2.26. The van der Waals surface area contributed by atoms with Crippen molar-refractivity contribution < 1.29 is 4.74 Å². The van der Waals surface area contributed by atoms with E-state index in [2.05, 4.69) is 20.0 Å². The lowest BCUT2D eigenvalue weighted by atomic mass is 10.1. The third-order valence-electron chi connectivity index (χ3n) is 4.80. The lowest BCUT2D eigenvalue weighted by molar-refractivity contribution is 0.162. The zero-order valence-corrected chi connectivity index (χ0v) is 11.9. The molecule has 3 aliphatic rings. The quantitative estimate of drug-likeness (QED) is 0.833. The number of anilines is 1. The number of likely N-dealkylation sites (tertiary alicyclic amines) is 1. The van der Waals surface area contributed by atoms with E-state index in [9.17, 15) is 0 Å². The smallest absolute Gasteiger partial charge is 0.208 e. The molecule has 104 valence electrons. The summed E-state index contributed by atoms with van der Waals surface area (Å²) in [4.78, 5) is 5.18. The molecule has 3 saturated heterocycles. The largest absolute Gasteiger partial charge is 0.381 e. The fourth-order valence-electron chi connectivity index (χ4n) is 3.89. The fraction of sp³-hybridized carbons (Fsp3) is 0.846. The predicted molar refractivity (Wildman–Crippen MR) is 74.6 cm³/mol. The minimum atomic E-state index is 0.662. The number of rotatable bonds is 3. The lowest BCUT2D eigenvalue weighted by Crippen LogP contribution is -2.38. The zero-order valence-electron chi connectivity index (χ0n) is 11.1. The molecule has 3 fully saturated rings. The van der Waals surface area contributed by atoms with Gasteiger partial charge >= 0.3 is 0 Å². The first kappa shape index (κ1) is 12.1. The van der Waals surface area contributed by atoms with E-state index < -0.39 is 0 Å². The van der Waals surface area contributed by atoms with E-state index in [0.29, 0.717) is 6.04 Å². The van der Waals surface area contributed by atoms with Crippen LogP contribution in [0.2, 0.25) is 0 Å². The number of hydrogen-bond donors (Lipinski definition) is 0. The second-order valence-corrected chi connectivity index (χ2v) is 6.66. The molecule has 1 aromatic heterocycles. The maximum Gasteiger partial charge on any atom is 0.208 e. The van der Waals surface area contributed by atoms with Crippen LogP contribution in [0.1, 0.15) is 19.3 Å². The summed E-state index contributed by atoms with van der Waals surface area (Å²) in [5.41, 5.74) is 1.84. The molecule has 0 unspecified atom stereocenters. The molecule has 0 radical (unpaired) electrons. The van der Waals surface area contributed by atoms with Crippen molar-refractivity contribution in [2.24, 2.45) is 5.92 Å². The van der Waals surface area contributed by atoms with Crippen LogP contribution in [0.4, 0.5) is 5.13 Å². The summed E-state index contributed by atoms with van der Waals surface area (Å²) in [5.74, 6) is 0.759. The van der Waals surface area contributed by atoms with Crippen molar-refractivity contribution in [2.45, 2.75) is 31.3 Å². The van der Waals surface area contributed by atoms with Crippen molar-refractivity contribution in [1.29, 1.82) is 0 Å². The van der Waals surface area contributed by atoms with E-state index >= 15 is 0 Å². The Balaban J connectivity index is 1.43. The molecule has 0 aliphatic carbocycles. The Morgan fingerprint density at radius 1 is 1.26 bits per heavy atom. The Morgan fingerprint density at radius 2 is 2.21 bits per heavy atom. The summed E-state index contributed by atoms with van der Waals surface area (Å²) < 4.78 is 5.51. The Kier molecular flexibility index (Phi) is 3.17. The number of ether oxygens (including phenoxy) is 1. The minimum Gasteiger partial charge on any atom is -0.381 e. The van der Waals surface area contributed by atoms with Gasteiger partial charge in [0.2, 0.25) is 5.13 Å². The topological polar surface area (TPSA) is 41.5 Å². The van der Waals surface area contributed by atoms with E-state index in [1.54, 1.807) is 11.3 Å². The van der Waals surface area contributed by atoms with Gasteiger partial charge in [-0.3, -0.25) is 4.90 Å².